The van der Waals surface area contributed by atoms with Crippen LogP contribution in [-0.4, -0.2) is 25.2 Å². The molecule has 2 nitrogen and oxygen atoms in total. The van der Waals surface area contributed by atoms with Gasteiger partial charge in [0.1, 0.15) is 0 Å². The third kappa shape index (κ3) is 3.60. The highest BCUT2D eigenvalue weighted by Gasteiger charge is 2.32. The maximum atomic E-state index is 6.10. The summed E-state index contributed by atoms with van der Waals surface area (Å²) in [4.78, 5) is 2.57. The van der Waals surface area contributed by atoms with E-state index in [0.29, 0.717) is 23.9 Å². The summed E-state index contributed by atoms with van der Waals surface area (Å²) in [5.74, 6) is 1.28. The van der Waals surface area contributed by atoms with Crippen LogP contribution in [0.15, 0.2) is 18.2 Å². The van der Waals surface area contributed by atoms with Crippen molar-refractivity contribution in [2.24, 2.45) is 11.8 Å². The van der Waals surface area contributed by atoms with Crippen molar-refractivity contribution in [2.75, 3.05) is 18.0 Å². The first-order chi connectivity index (χ1) is 9.40. The van der Waals surface area contributed by atoms with Crippen molar-refractivity contribution >= 4 is 39.9 Å². The van der Waals surface area contributed by atoms with Crippen LogP contribution in [0.3, 0.4) is 0 Å². The molecule has 4 heteroatoms. The summed E-state index contributed by atoms with van der Waals surface area (Å²) >= 11 is 8.50. The number of hydrogen-bond acceptors (Lipinski definition) is 2. The molecule has 20 heavy (non-hydrogen) atoms. The molecule has 0 bridgehead atoms. The summed E-state index contributed by atoms with van der Waals surface area (Å²) in [5, 5.41) is 4.52. The van der Waals surface area contributed by atoms with Crippen LogP contribution < -0.4 is 10.2 Å². The molecule has 0 aromatic heterocycles. The fourth-order valence-electron chi connectivity index (χ4n) is 2.83. The van der Waals surface area contributed by atoms with Crippen LogP contribution in [0.5, 0.6) is 0 Å². The molecule has 1 heterocycles. The Hall–Kier alpha value is -0.0000000000000000763. The van der Waals surface area contributed by atoms with Gasteiger partial charge in [0, 0.05) is 33.8 Å². The van der Waals surface area contributed by atoms with Crippen LogP contribution >= 0.6 is 34.2 Å². The minimum absolute atomic E-state index is 0.541. The topological polar surface area (TPSA) is 15.3 Å². The van der Waals surface area contributed by atoms with E-state index >= 15 is 0 Å². The van der Waals surface area contributed by atoms with Crippen LogP contribution in [0, 0.1) is 15.4 Å². The van der Waals surface area contributed by atoms with Crippen molar-refractivity contribution in [2.45, 2.75) is 39.8 Å². The van der Waals surface area contributed by atoms with Crippen LogP contribution in [0.1, 0.15) is 27.7 Å². The third-order valence-electron chi connectivity index (χ3n) is 4.18. The number of benzene rings is 1. The standard InChI is InChI=1S/C16H24ClIN2/c1-10(2)14-9-20(16(8-19-14)11(3)4)15-6-5-12(17)7-13(15)18/h5-7,10-11,14,16,19H,8-9H2,1-4H3. The summed E-state index contributed by atoms with van der Waals surface area (Å²) < 4.78 is 1.24. The van der Waals surface area contributed by atoms with E-state index in [9.17, 15) is 0 Å². The second kappa shape index (κ2) is 6.84. The maximum Gasteiger partial charge on any atom is 0.0506 e. The molecule has 1 aliphatic heterocycles. The Morgan fingerprint density at radius 1 is 1.25 bits per heavy atom. The molecule has 0 spiro atoms. The third-order valence-corrected chi connectivity index (χ3v) is 5.28. The lowest BCUT2D eigenvalue weighted by molar-refractivity contribution is 0.295. The van der Waals surface area contributed by atoms with Crippen LogP contribution in [-0.2, 0) is 0 Å². The number of halogens is 2. The van der Waals surface area contributed by atoms with E-state index in [1.165, 1.54) is 9.26 Å². The molecule has 1 aromatic rings. The highest BCUT2D eigenvalue weighted by atomic mass is 127. The Balaban J connectivity index is 2.31. The predicted octanol–water partition coefficient (Wildman–Crippen LogP) is 4.40. The summed E-state index contributed by atoms with van der Waals surface area (Å²) in [6.45, 7) is 11.3. The highest BCUT2D eigenvalue weighted by Crippen LogP contribution is 2.31. The van der Waals surface area contributed by atoms with Crippen molar-refractivity contribution in [1.29, 1.82) is 0 Å². The number of nitrogens with zero attached hydrogens (tertiary/aromatic N) is 1. The van der Waals surface area contributed by atoms with Gasteiger partial charge in [-0.1, -0.05) is 39.3 Å². The van der Waals surface area contributed by atoms with Gasteiger partial charge in [-0.3, -0.25) is 0 Å². The molecular formula is C16H24ClIN2. The Labute approximate surface area is 141 Å². The Kier molecular flexibility index (Phi) is 5.60. The number of nitrogens with one attached hydrogen (secondary N) is 1. The number of hydrogen-bond donors (Lipinski definition) is 1. The van der Waals surface area contributed by atoms with E-state index in [0.717, 1.165) is 18.1 Å². The average Bonchev–Trinajstić information content (AvgIpc) is 2.37. The summed E-state index contributed by atoms with van der Waals surface area (Å²) in [5.41, 5.74) is 1.32. The minimum atomic E-state index is 0.541. The van der Waals surface area contributed by atoms with E-state index in [1.54, 1.807) is 0 Å². The van der Waals surface area contributed by atoms with Crippen LogP contribution in [0.4, 0.5) is 5.69 Å². The molecule has 0 saturated carbocycles. The Bertz CT molecular complexity index is 462. The van der Waals surface area contributed by atoms with Gasteiger partial charge in [0.25, 0.3) is 0 Å². The molecule has 2 unspecified atom stereocenters. The monoisotopic (exact) mass is 406 g/mol. The second-order valence-electron chi connectivity index (χ2n) is 6.32. The van der Waals surface area contributed by atoms with E-state index in [2.05, 4.69) is 72.6 Å². The molecule has 1 N–H and O–H groups in total. The van der Waals surface area contributed by atoms with Crippen molar-refractivity contribution in [3.63, 3.8) is 0 Å². The fourth-order valence-corrected chi connectivity index (χ4v) is 4.01. The molecule has 0 radical (unpaired) electrons. The molecule has 1 aromatic carbocycles. The summed E-state index contributed by atoms with van der Waals surface area (Å²) in [6.07, 6.45) is 0. The number of piperazine rings is 1. The summed E-state index contributed by atoms with van der Waals surface area (Å²) in [6, 6.07) is 7.32. The molecule has 1 fully saturated rings. The van der Waals surface area contributed by atoms with E-state index in [4.69, 9.17) is 11.6 Å². The maximum absolute atomic E-state index is 6.10. The van der Waals surface area contributed by atoms with Gasteiger partial charge in [-0.25, -0.2) is 0 Å². The number of rotatable bonds is 3. The lowest BCUT2D eigenvalue weighted by atomic mass is 9.93. The van der Waals surface area contributed by atoms with Gasteiger partial charge in [0.05, 0.1) is 5.69 Å². The zero-order chi connectivity index (χ0) is 14.9. The minimum Gasteiger partial charge on any atom is -0.365 e. The first kappa shape index (κ1) is 16.4. The SMILES string of the molecule is CC(C)C1CN(c2ccc(Cl)cc2I)C(C(C)C)CN1. The van der Waals surface area contributed by atoms with Gasteiger partial charge >= 0.3 is 0 Å². The highest BCUT2D eigenvalue weighted by molar-refractivity contribution is 14.1. The molecule has 2 rings (SSSR count). The van der Waals surface area contributed by atoms with Gasteiger partial charge in [0.15, 0.2) is 0 Å². The van der Waals surface area contributed by atoms with Crippen LogP contribution in [0.25, 0.3) is 0 Å². The normalized spacial score (nSPS) is 23.7. The van der Waals surface area contributed by atoms with E-state index < -0.39 is 0 Å². The van der Waals surface area contributed by atoms with Gasteiger partial charge in [-0.05, 0) is 52.6 Å². The molecular weight excluding hydrogens is 383 g/mol. The average molecular weight is 407 g/mol. The van der Waals surface area contributed by atoms with E-state index in [1.807, 2.05) is 6.07 Å². The summed E-state index contributed by atoms with van der Waals surface area (Å²) in [7, 11) is 0. The quantitative estimate of drug-likeness (QED) is 0.748. The van der Waals surface area contributed by atoms with E-state index in [-0.39, 0.29) is 0 Å². The Morgan fingerprint density at radius 2 is 1.95 bits per heavy atom. The lowest BCUT2D eigenvalue weighted by Crippen LogP contribution is -2.60. The zero-order valence-corrected chi connectivity index (χ0v) is 15.6. The molecule has 0 aliphatic carbocycles. The first-order valence-corrected chi connectivity index (χ1v) is 8.81. The van der Waals surface area contributed by atoms with Gasteiger partial charge in [-0.2, -0.15) is 0 Å². The second-order valence-corrected chi connectivity index (χ2v) is 7.92. The largest absolute Gasteiger partial charge is 0.365 e. The Morgan fingerprint density at radius 3 is 2.50 bits per heavy atom. The van der Waals surface area contributed by atoms with Gasteiger partial charge < -0.3 is 10.2 Å². The molecule has 1 saturated heterocycles. The van der Waals surface area contributed by atoms with Crippen molar-refractivity contribution < 1.29 is 0 Å². The first-order valence-electron chi connectivity index (χ1n) is 7.35. The predicted molar refractivity (Wildman–Crippen MR) is 96.8 cm³/mol. The fraction of sp³-hybridized carbons (Fsp3) is 0.625. The molecule has 2 atom stereocenters. The van der Waals surface area contributed by atoms with Crippen molar-refractivity contribution in [3.05, 3.63) is 26.8 Å². The molecule has 1 aliphatic rings. The van der Waals surface area contributed by atoms with Crippen molar-refractivity contribution in [1.82, 2.24) is 5.32 Å². The van der Waals surface area contributed by atoms with Crippen LogP contribution in [0.2, 0.25) is 5.02 Å². The molecule has 112 valence electrons. The zero-order valence-electron chi connectivity index (χ0n) is 12.7. The van der Waals surface area contributed by atoms with Gasteiger partial charge in [-0.15, -0.1) is 0 Å². The number of anilines is 1. The smallest absolute Gasteiger partial charge is 0.0506 e. The molecule has 0 amide bonds. The van der Waals surface area contributed by atoms with Crippen molar-refractivity contribution in [3.8, 4) is 0 Å². The lowest BCUT2D eigenvalue weighted by Gasteiger charge is -2.45. The van der Waals surface area contributed by atoms with Gasteiger partial charge in [0.2, 0.25) is 0 Å².